The molecule has 7 heteroatoms. The van der Waals surface area contributed by atoms with Crippen molar-refractivity contribution in [2.75, 3.05) is 6.61 Å². The fraction of sp³-hybridized carbons (Fsp3) is 0.750. The number of ether oxygens (including phenoxy) is 2. The topological polar surface area (TPSA) is 108 Å². The van der Waals surface area contributed by atoms with Crippen LogP contribution in [-0.2, 0) is 14.3 Å². The normalized spacial score (nSPS) is 12.4. The Morgan fingerprint density at radius 1 is 1.32 bits per heavy atom. The third-order valence-corrected chi connectivity index (χ3v) is 2.02. The average molecular weight is 274 g/mol. The molecular weight excluding hydrogens is 252 g/mol. The second kappa shape index (κ2) is 8.34. The summed E-state index contributed by atoms with van der Waals surface area (Å²) in [6, 6.07) is -0.608. The molecule has 0 aromatic heterocycles. The van der Waals surface area contributed by atoms with Gasteiger partial charge in [0.05, 0.1) is 12.6 Å². The van der Waals surface area contributed by atoms with Crippen LogP contribution in [0.5, 0.6) is 0 Å². The van der Waals surface area contributed by atoms with E-state index in [0.717, 1.165) is 0 Å². The molecule has 0 rings (SSSR count). The van der Waals surface area contributed by atoms with Gasteiger partial charge in [-0.25, -0.2) is 9.59 Å². The minimum absolute atomic E-state index is 0.202. The zero-order chi connectivity index (χ0) is 14.9. The maximum Gasteiger partial charge on any atom is 0.408 e. The summed E-state index contributed by atoms with van der Waals surface area (Å²) in [5, 5.41) is 2.46. The van der Waals surface area contributed by atoms with Crippen molar-refractivity contribution in [3.05, 3.63) is 0 Å². The Hall–Kier alpha value is -1.79. The lowest BCUT2D eigenvalue weighted by Gasteiger charge is -2.21. The highest BCUT2D eigenvalue weighted by Crippen LogP contribution is 2.07. The second-order valence-electron chi connectivity index (χ2n) is 5.05. The second-order valence-corrected chi connectivity index (χ2v) is 5.05. The Bertz CT molecular complexity index is 312. The van der Waals surface area contributed by atoms with E-state index >= 15 is 0 Å². The van der Waals surface area contributed by atoms with Crippen molar-refractivity contribution in [1.29, 1.82) is 0 Å². The van der Waals surface area contributed by atoms with Crippen molar-refractivity contribution in [1.82, 2.24) is 5.32 Å². The number of rotatable bonds is 7. The third-order valence-electron chi connectivity index (χ3n) is 2.02. The number of nitrogens with two attached hydrogens (primary N) is 1. The molecule has 0 saturated heterocycles. The average Bonchev–Trinajstić information content (AvgIpc) is 2.24. The number of hydrogen-bond acceptors (Lipinski definition) is 5. The Balaban J connectivity index is 3.86. The van der Waals surface area contributed by atoms with Crippen LogP contribution in [0.4, 0.5) is 9.59 Å². The molecule has 0 aliphatic rings. The molecule has 0 spiro atoms. The van der Waals surface area contributed by atoms with Crippen molar-refractivity contribution in [2.45, 2.75) is 51.7 Å². The van der Waals surface area contributed by atoms with E-state index in [0.29, 0.717) is 25.5 Å². The molecule has 7 nitrogen and oxygen atoms in total. The van der Waals surface area contributed by atoms with Crippen molar-refractivity contribution in [3.63, 3.8) is 0 Å². The van der Waals surface area contributed by atoms with Gasteiger partial charge in [-0.2, -0.15) is 0 Å². The number of alkyl carbamates (subject to hydrolysis) is 1. The number of amides is 2. The van der Waals surface area contributed by atoms with E-state index in [1.54, 1.807) is 20.8 Å². The Morgan fingerprint density at radius 3 is 2.42 bits per heavy atom. The van der Waals surface area contributed by atoms with Crippen LogP contribution >= 0.6 is 0 Å². The van der Waals surface area contributed by atoms with E-state index in [9.17, 15) is 14.4 Å². The minimum atomic E-state index is -0.821. The standard InChI is InChI=1S/C12H22N2O5/c1-12(2,3)19-11(17)14-9(8-15)6-4-5-7-18-10(13)16/h8-9H,4-7H2,1-3H3,(H2,13,16)(H,14,17). The van der Waals surface area contributed by atoms with Crippen LogP contribution in [0.15, 0.2) is 0 Å². The maximum absolute atomic E-state index is 11.4. The van der Waals surface area contributed by atoms with Crippen LogP contribution in [0.2, 0.25) is 0 Å². The Labute approximate surface area is 112 Å². The van der Waals surface area contributed by atoms with Gasteiger partial charge in [0.2, 0.25) is 0 Å². The maximum atomic E-state index is 11.4. The van der Waals surface area contributed by atoms with Gasteiger partial charge in [0.1, 0.15) is 11.9 Å². The molecule has 0 aromatic rings. The molecule has 110 valence electrons. The van der Waals surface area contributed by atoms with Crippen molar-refractivity contribution in [2.24, 2.45) is 5.73 Å². The van der Waals surface area contributed by atoms with Crippen molar-refractivity contribution < 1.29 is 23.9 Å². The summed E-state index contributed by atoms with van der Waals surface area (Å²) in [6.45, 7) is 5.42. The molecule has 19 heavy (non-hydrogen) atoms. The number of aldehydes is 1. The third kappa shape index (κ3) is 11.1. The van der Waals surface area contributed by atoms with Gasteiger partial charge in [0, 0.05) is 0 Å². The van der Waals surface area contributed by atoms with Gasteiger partial charge >= 0.3 is 12.2 Å². The van der Waals surface area contributed by atoms with Gasteiger partial charge < -0.3 is 25.3 Å². The Morgan fingerprint density at radius 2 is 1.95 bits per heavy atom. The van der Waals surface area contributed by atoms with Crippen LogP contribution in [0, 0.1) is 0 Å². The first-order valence-electron chi connectivity index (χ1n) is 6.11. The smallest absolute Gasteiger partial charge is 0.408 e. The molecule has 1 unspecified atom stereocenters. The quantitative estimate of drug-likeness (QED) is 0.538. The molecule has 0 aliphatic heterocycles. The predicted molar refractivity (Wildman–Crippen MR) is 68.6 cm³/mol. The highest BCUT2D eigenvalue weighted by molar-refractivity contribution is 5.73. The zero-order valence-corrected chi connectivity index (χ0v) is 11.6. The molecule has 0 fully saturated rings. The van der Waals surface area contributed by atoms with E-state index in [1.165, 1.54) is 0 Å². The largest absolute Gasteiger partial charge is 0.450 e. The Kier molecular flexibility index (Phi) is 7.55. The van der Waals surface area contributed by atoms with E-state index < -0.39 is 23.8 Å². The molecular formula is C12H22N2O5. The molecule has 0 aliphatic carbocycles. The number of carbonyl (C=O) groups is 3. The lowest BCUT2D eigenvalue weighted by atomic mass is 10.1. The molecule has 0 radical (unpaired) electrons. The lowest BCUT2D eigenvalue weighted by Crippen LogP contribution is -2.40. The number of unbranched alkanes of at least 4 members (excludes halogenated alkanes) is 1. The van der Waals surface area contributed by atoms with Gasteiger partial charge in [-0.1, -0.05) is 0 Å². The minimum Gasteiger partial charge on any atom is -0.450 e. The monoisotopic (exact) mass is 274 g/mol. The molecule has 1 atom stereocenters. The molecule has 3 N–H and O–H groups in total. The van der Waals surface area contributed by atoms with Crippen LogP contribution in [0.1, 0.15) is 40.0 Å². The molecule has 0 heterocycles. The first kappa shape index (κ1) is 17.2. The summed E-state index contributed by atoms with van der Waals surface area (Å²) in [6.07, 6.45) is 0.844. The predicted octanol–water partition coefficient (Wildman–Crippen LogP) is 1.34. The van der Waals surface area contributed by atoms with Gasteiger partial charge in [-0.15, -0.1) is 0 Å². The highest BCUT2D eigenvalue weighted by Gasteiger charge is 2.18. The van der Waals surface area contributed by atoms with Crippen LogP contribution in [0.25, 0.3) is 0 Å². The number of primary amides is 1. The van der Waals surface area contributed by atoms with Crippen molar-refractivity contribution >= 4 is 18.5 Å². The molecule has 0 aromatic carbocycles. The summed E-state index contributed by atoms with van der Waals surface area (Å²) in [5.41, 5.74) is 4.19. The fourth-order valence-electron chi connectivity index (χ4n) is 1.27. The van der Waals surface area contributed by atoms with Crippen LogP contribution in [0.3, 0.4) is 0 Å². The lowest BCUT2D eigenvalue weighted by molar-refractivity contribution is -0.109. The summed E-state index contributed by atoms with van der Waals surface area (Å²) in [4.78, 5) is 32.5. The zero-order valence-electron chi connectivity index (χ0n) is 11.6. The van der Waals surface area contributed by atoms with Crippen LogP contribution in [-0.4, -0.2) is 36.7 Å². The first-order valence-corrected chi connectivity index (χ1v) is 6.11. The van der Waals surface area contributed by atoms with Gasteiger partial charge in [0.25, 0.3) is 0 Å². The number of carbonyl (C=O) groups excluding carboxylic acids is 3. The summed E-state index contributed by atoms with van der Waals surface area (Å²) < 4.78 is 9.58. The van der Waals surface area contributed by atoms with E-state index in [2.05, 4.69) is 10.1 Å². The van der Waals surface area contributed by atoms with E-state index in [-0.39, 0.29) is 6.61 Å². The van der Waals surface area contributed by atoms with Gasteiger partial charge in [0.15, 0.2) is 0 Å². The highest BCUT2D eigenvalue weighted by atomic mass is 16.6. The van der Waals surface area contributed by atoms with Crippen molar-refractivity contribution in [3.8, 4) is 0 Å². The summed E-state index contributed by atoms with van der Waals surface area (Å²) in [5.74, 6) is 0. The molecule has 0 bridgehead atoms. The first-order chi connectivity index (χ1) is 8.74. The molecule has 2 amide bonds. The molecule has 0 saturated carbocycles. The summed E-state index contributed by atoms with van der Waals surface area (Å²) >= 11 is 0. The number of nitrogens with one attached hydrogen (secondary N) is 1. The van der Waals surface area contributed by atoms with Gasteiger partial charge in [-0.05, 0) is 40.0 Å². The fourth-order valence-corrected chi connectivity index (χ4v) is 1.27. The van der Waals surface area contributed by atoms with Crippen LogP contribution < -0.4 is 11.1 Å². The van der Waals surface area contributed by atoms with Gasteiger partial charge in [-0.3, -0.25) is 0 Å². The van der Waals surface area contributed by atoms with E-state index in [4.69, 9.17) is 10.5 Å². The SMILES string of the molecule is CC(C)(C)OC(=O)NC(C=O)CCCCOC(N)=O. The summed E-state index contributed by atoms with van der Waals surface area (Å²) in [7, 11) is 0. The van der Waals surface area contributed by atoms with E-state index in [1.807, 2.05) is 0 Å². The number of hydrogen-bond donors (Lipinski definition) is 2.